The lowest BCUT2D eigenvalue weighted by atomic mass is 10.2. The molecule has 1 N–H and O–H groups in total. The van der Waals surface area contributed by atoms with Crippen molar-refractivity contribution in [1.82, 2.24) is 4.98 Å². The van der Waals surface area contributed by atoms with E-state index in [1.54, 1.807) is 11.5 Å². The Labute approximate surface area is 144 Å². The van der Waals surface area contributed by atoms with Gasteiger partial charge in [-0.25, -0.2) is 4.98 Å². The van der Waals surface area contributed by atoms with E-state index in [2.05, 4.69) is 16.9 Å². The summed E-state index contributed by atoms with van der Waals surface area (Å²) in [6.45, 7) is 4.08. The summed E-state index contributed by atoms with van der Waals surface area (Å²) in [7, 11) is 0. The highest BCUT2D eigenvalue weighted by molar-refractivity contribution is 7.13. The number of ether oxygens (including phenoxy) is 1. The Morgan fingerprint density at radius 2 is 2.04 bits per heavy atom. The minimum absolute atomic E-state index is 0.220. The molecule has 3 rings (SSSR count). The Morgan fingerprint density at radius 1 is 1.21 bits per heavy atom. The number of amides is 1. The van der Waals surface area contributed by atoms with Crippen molar-refractivity contribution in [3.63, 3.8) is 0 Å². The number of carbonyl (C=O) groups is 1. The summed E-state index contributed by atoms with van der Waals surface area (Å²) in [6.07, 6.45) is 1.70. The van der Waals surface area contributed by atoms with E-state index in [0.29, 0.717) is 12.3 Å². The molecule has 0 atom stereocenters. The van der Waals surface area contributed by atoms with Gasteiger partial charge < -0.3 is 10.1 Å². The van der Waals surface area contributed by atoms with Gasteiger partial charge in [0.2, 0.25) is 0 Å². The van der Waals surface area contributed by atoms with Gasteiger partial charge in [0.25, 0.3) is 5.91 Å². The molecule has 3 aromatic rings. The summed E-state index contributed by atoms with van der Waals surface area (Å²) in [6, 6.07) is 16.9. The molecule has 1 heterocycles. The van der Waals surface area contributed by atoms with Crippen molar-refractivity contribution in [1.29, 1.82) is 0 Å². The monoisotopic (exact) mass is 336 g/mol. The average Bonchev–Trinajstić information content (AvgIpc) is 3.11. The first-order chi connectivity index (χ1) is 11.8. The SMILES string of the molecule is C=CCOc1cccc(-c2nc(C(=O)Nc3ccccc3)cs2)c1. The van der Waals surface area contributed by atoms with Crippen LogP contribution in [0, 0.1) is 0 Å². The van der Waals surface area contributed by atoms with Crippen molar-refractivity contribution in [2.45, 2.75) is 0 Å². The number of hydrogen-bond acceptors (Lipinski definition) is 4. The summed E-state index contributed by atoms with van der Waals surface area (Å²) < 4.78 is 5.53. The number of nitrogens with zero attached hydrogens (tertiary/aromatic N) is 1. The molecule has 0 saturated heterocycles. The molecule has 0 aliphatic heterocycles. The van der Waals surface area contributed by atoms with E-state index in [9.17, 15) is 4.79 Å². The van der Waals surface area contributed by atoms with Crippen molar-refractivity contribution in [2.24, 2.45) is 0 Å². The van der Waals surface area contributed by atoms with E-state index < -0.39 is 0 Å². The van der Waals surface area contributed by atoms with Crippen molar-refractivity contribution < 1.29 is 9.53 Å². The van der Waals surface area contributed by atoms with Gasteiger partial charge >= 0.3 is 0 Å². The standard InChI is InChI=1S/C19H16N2O2S/c1-2-11-23-16-10-6-7-14(12-16)19-21-17(13-24-19)18(22)20-15-8-4-3-5-9-15/h2-10,12-13H,1,11H2,(H,20,22). The molecule has 1 amide bonds. The molecule has 0 radical (unpaired) electrons. The Kier molecular flexibility index (Phi) is 5.03. The number of rotatable bonds is 6. The maximum atomic E-state index is 12.3. The number of hydrogen-bond donors (Lipinski definition) is 1. The molecule has 1 aromatic heterocycles. The maximum absolute atomic E-state index is 12.3. The highest BCUT2D eigenvalue weighted by atomic mass is 32.1. The highest BCUT2D eigenvalue weighted by Gasteiger charge is 2.12. The molecule has 120 valence electrons. The molecule has 0 aliphatic rings. The van der Waals surface area contributed by atoms with E-state index in [1.807, 2.05) is 54.6 Å². The third kappa shape index (κ3) is 3.88. The Balaban J connectivity index is 1.75. The van der Waals surface area contributed by atoms with Crippen LogP contribution in [0.5, 0.6) is 5.75 Å². The molecule has 2 aromatic carbocycles. The van der Waals surface area contributed by atoms with Gasteiger partial charge in [-0.15, -0.1) is 11.3 Å². The summed E-state index contributed by atoms with van der Waals surface area (Å²) in [4.78, 5) is 16.7. The molecule has 5 heteroatoms. The zero-order valence-electron chi connectivity index (χ0n) is 12.9. The van der Waals surface area contributed by atoms with Crippen LogP contribution in [0.2, 0.25) is 0 Å². The molecular weight excluding hydrogens is 320 g/mol. The van der Waals surface area contributed by atoms with Gasteiger partial charge in [0.15, 0.2) is 0 Å². The largest absolute Gasteiger partial charge is 0.490 e. The molecule has 0 spiro atoms. The van der Waals surface area contributed by atoms with Crippen molar-refractivity contribution in [2.75, 3.05) is 11.9 Å². The molecule has 0 unspecified atom stereocenters. The maximum Gasteiger partial charge on any atom is 0.275 e. The first kappa shape index (κ1) is 16.0. The van der Waals surface area contributed by atoms with Gasteiger partial charge in [0.1, 0.15) is 23.1 Å². The summed E-state index contributed by atoms with van der Waals surface area (Å²) in [5.41, 5.74) is 2.06. The third-order valence-electron chi connectivity index (χ3n) is 3.22. The molecule has 0 saturated carbocycles. The second-order valence-corrected chi connectivity index (χ2v) is 5.84. The lowest BCUT2D eigenvalue weighted by molar-refractivity contribution is 0.102. The van der Waals surface area contributed by atoms with Gasteiger partial charge in [-0.1, -0.05) is 43.0 Å². The second-order valence-electron chi connectivity index (χ2n) is 4.99. The van der Waals surface area contributed by atoms with E-state index >= 15 is 0 Å². The Hall–Kier alpha value is -2.92. The second kappa shape index (κ2) is 7.57. The van der Waals surface area contributed by atoms with Crippen LogP contribution in [-0.4, -0.2) is 17.5 Å². The van der Waals surface area contributed by atoms with Crippen LogP contribution in [-0.2, 0) is 0 Å². The lowest BCUT2D eigenvalue weighted by Gasteiger charge is -2.04. The predicted molar refractivity (Wildman–Crippen MR) is 97.6 cm³/mol. The van der Waals surface area contributed by atoms with Gasteiger partial charge in [-0.2, -0.15) is 0 Å². The van der Waals surface area contributed by atoms with Gasteiger partial charge in [0.05, 0.1) is 0 Å². The zero-order chi connectivity index (χ0) is 16.8. The van der Waals surface area contributed by atoms with Gasteiger partial charge in [0, 0.05) is 16.6 Å². The van der Waals surface area contributed by atoms with Crippen molar-refractivity contribution in [3.8, 4) is 16.3 Å². The molecule has 0 bridgehead atoms. The Bertz CT molecular complexity index is 843. The number of thiazole rings is 1. The van der Waals surface area contributed by atoms with Crippen LogP contribution in [0.1, 0.15) is 10.5 Å². The van der Waals surface area contributed by atoms with Crippen LogP contribution in [0.4, 0.5) is 5.69 Å². The zero-order valence-corrected chi connectivity index (χ0v) is 13.8. The van der Waals surface area contributed by atoms with E-state index in [-0.39, 0.29) is 5.91 Å². The Morgan fingerprint density at radius 3 is 2.83 bits per heavy atom. The van der Waals surface area contributed by atoms with Gasteiger partial charge in [-0.05, 0) is 24.3 Å². The number of benzene rings is 2. The number of anilines is 1. The lowest BCUT2D eigenvalue weighted by Crippen LogP contribution is -2.12. The van der Waals surface area contributed by atoms with Crippen molar-refractivity contribution in [3.05, 3.63) is 78.3 Å². The fraction of sp³-hybridized carbons (Fsp3) is 0.0526. The first-order valence-corrected chi connectivity index (χ1v) is 8.30. The quantitative estimate of drug-likeness (QED) is 0.668. The number of carbonyl (C=O) groups excluding carboxylic acids is 1. The van der Waals surface area contributed by atoms with Crippen LogP contribution in [0.25, 0.3) is 10.6 Å². The summed E-state index contributed by atoms with van der Waals surface area (Å²) >= 11 is 1.43. The average molecular weight is 336 g/mol. The van der Waals surface area contributed by atoms with Crippen LogP contribution in [0.15, 0.2) is 72.6 Å². The molecular formula is C19H16N2O2S. The van der Waals surface area contributed by atoms with E-state index in [1.165, 1.54) is 11.3 Å². The molecule has 4 nitrogen and oxygen atoms in total. The third-order valence-corrected chi connectivity index (χ3v) is 4.11. The molecule has 0 aliphatic carbocycles. The number of para-hydroxylation sites is 1. The summed E-state index contributed by atoms with van der Waals surface area (Å²) in [5.74, 6) is 0.528. The van der Waals surface area contributed by atoms with Crippen LogP contribution >= 0.6 is 11.3 Å². The normalized spacial score (nSPS) is 10.2. The fourth-order valence-corrected chi connectivity index (χ4v) is 2.90. The van der Waals surface area contributed by atoms with E-state index in [4.69, 9.17) is 4.74 Å². The summed E-state index contributed by atoms with van der Waals surface area (Å²) in [5, 5.41) is 5.36. The minimum Gasteiger partial charge on any atom is -0.490 e. The van der Waals surface area contributed by atoms with Crippen LogP contribution in [0.3, 0.4) is 0 Å². The fourth-order valence-electron chi connectivity index (χ4n) is 2.10. The van der Waals surface area contributed by atoms with E-state index in [0.717, 1.165) is 22.0 Å². The predicted octanol–water partition coefficient (Wildman–Crippen LogP) is 4.63. The minimum atomic E-state index is -0.220. The number of nitrogens with one attached hydrogen (secondary N) is 1. The smallest absolute Gasteiger partial charge is 0.275 e. The highest BCUT2D eigenvalue weighted by Crippen LogP contribution is 2.27. The number of aromatic nitrogens is 1. The van der Waals surface area contributed by atoms with Crippen LogP contribution < -0.4 is 10.1 Å². The topological polar surface area (TPSA) is 51.2 Å². The molecule has 0 fully saturated rings. The molecule has 24 heavy (non-hydrogen) atoms. The first-order valence-electron chi connectivity index (χ1n) is 7.42. The van der Waals surface area contributed by atoms with Gasteiger partial charge in [-0.3, -0.25) is 4.79 Å². The van der Waals surface area contributed by atoms with Crippen molar-refractivity contribution >= 4 is 22.9 Å².